The minimum atomic E-state index is -0.229. The zero-order valence-corrected chi connectivity index (χ0v) is 8.43. The van der Waals surface area contributed by atoms with Crippen molar-refractivity contribution in [3.8, 4) is 0 Å². The molecule has 0 aliphatic rings. The predicted molar refractivity (Wildman–Crippen MR) is 49.2 cm³/mol. The number of H-pyrrole nitrogens is 1. The summed E-state index contributed by atoms with van der Waals surface area (Å²) in [6.45, 7) is 0. The maximum absolute atomic E-state index is 11.2. The number of hydrogen-bond acceptors (Lipinski definition) is 5. The molecule has 12 heavy (non-hydrogen) atoms. The van der Waals surface area contributed by atoms with Crippen LogP contribution in [0.5, 0.6) is 0 Å². The molecule has 2 heterocycles. The van der Waals surface area contributed by atoms with Crippen molar-refractivity contribution in [3.05, 3.63) is 10.4 Å². The van der Waals surface area contributed by atoms with E-state index in [1.165, 1.54) is 11.3 Å². The van der Waals surface area contributed by atoms with Gasteiger partial charge < -0.3 is 0 Å². The monoisotopic (exact) mass is 248 g/mol. The normalized spacial score (nSPS) is 10.8. The second kappa shape index (κ2) is 2.55. The van der Waals surface area contributed by atoms with Crippen LogP contribution in [-0.4, -0.2) is 31.0 Å². The number of rotatable bonds is 0. The Morgan fingerprint density at radius 2 is 2.25 bits per heavy atom. The van der Waals surface area contributed by atoms with E-state index in [2.05, 4.69) is 31.0 Å². The molecule has 3 N–H and O–H groups in total. The standard InChI is InChI=1S/C5H4N4OSSe/c6-4-7-2-1(3(10)9-4)11-5(12)8-2/h(H4,6,7,8,9,10,12). The van der Waals surface area contributed by atoms with E-state index in [9.17, 15) is 4.79 Å². The van der Waals surface area contributed by atoms with Crippen LogP contribution in [0.25, 0.3) is 10.3 Å². The molecule has 0 aromatic carbocycles. The second-order valence-electron chi connectivity index (χ2n) is 2.10. The van der Waals surface area contributed by atoms with Crippen LogP contribution in [0.1, 0.15) is 0 Å². The molecule has 2 aromatic rings. The Morgan fingerprint density at radius 3 is 3.00 bits per heavy atom. The molecule has 7 heteroatoms. The Bertz CT molecular complexity index is 490. The molecule has 0 aliphatic carbocycles. The van der Waals surface area contributed by atoms with Crippen molar-refractivity contribution in [1.29, 1.82) is 0 Å². The molecule has 0 saturated carbocycles. The SMILES string of the molecule is Nc1nc2nc([SeH])sc2c(=O)[nH]1. The molecule has 0 fully saturated rings. The number of nitrogens with two attached hydrogens (primary N) is 1. The van der Waals surface area contributed by atoms with Gasteiger partial charge in [-0.3, -0.25) is 0 Å². The van der Waals surface area contributed by atoms with E-state index in [0.29, 0.717) is 10.3 Å². The summed E-state index contributed by atoms with van der Waals surface area (Å²) in [6.07, 6.45) is 0. The maximum atomic E-state index is 11.2. The molecule has 2 aromatic heterocycles. The Labute approximate surface area is 78.8 Å². The van der Waals surface area contributed by atoms with E-state index in [4.69, 9.17) is 5.73 Å². The molecule has 0 aliphatic heterocycles. The Hall–Kier alpha value is -0.911. The number of nitrogens with one attached hydrogen (secondary N) is 1. The third kappa shape index (κ3) is 1.12. The Balaban J connectivity index is 2.98. The van der Waals surface area contributed by atoms with Gasteiger partial charge in [-0.1, -0.05) is 0 Å². The van der Waals surface area contributed by atoms with Gasteiger partial charge in [0.1, 0.15) is 0 Å². The van der Waals surface area contributed by atoms with Gasteiger partial charge in [-0.25, -0.2) is 0 Å². The third-order valence-electron chi connectivity index (χ3n) is 1.27. The van der Waals surface area contributed by atoms with Crippen molar-refractivity contribution in [1.82, 2.24) is 15.0 Å². The molecule has 0 saturated heterocycles. The first kappa shape index (κ1) is 7.72. The van der Waals surface area contributed by atoms with Gasteiger partial charge in [0.05, 0.1) is 0 Å². The summed E-state index contributed by atoms with van der Waals surface area (Å²) in [7, 11) is 0. The summed E-state index contributed by atoms with van der Waals surface area (Å²) in [5.74, 6) is 0.102. The van der Waals surface area contributed by atoms with Crippen LogP contribution >= 0.6 is 11.3 Å². The summed E-state index contributed by atoms with van der Waals surface area (Å²) in [4.78, 5) is 21.5. The van der Waals surface area contributed by atoms with Crippen molar-refractivity contribution < 1.29 is 0 Å². The zero-order chi connectivity index (χ0) is 8.72. The van der Waals surface area contributed by atoms with Crippen LogP contribution in [-0.2, 0) is 0 Å². The average Bonchev–Trinajstić information content (AvgIpc) is 2.29. The van der Waals surface area contributed by atoms with Gasteiger partial charge >= 0.3 is 78.6 Å². The molecule has 62 valence electrons. The molecule has 0 radical (unpaired) electrons. The van der Waals surface area contributed by atoms with Crippen LogP contribution in [0.15, 0.2) is 4.79 Å². The molecule has 5 nitrogen and oxygen atoms in total. The number of aromatic amines is 1. The summed E-state index contributed by atoms with van der Waals surface area (Å²) in [5.41, 5.74) is 5.51. The first-order valence-corrected chi connectivity index (χ1v) is 4.77. The van der Waals surface area contributed by atoms with Crippen molar-refractivity contribution in [3.63, 3.8) is 0 Å². The molecule has 0 bridgehead atoms. The van der Waals surface area contributed by atoms with Gasteiger partial charge in [-0.15, -0.1) is 0 Å². The van der Waals surface area contributed by atoms with Crippen molar-refractivity contribution in [2.24, 2.45) is 0 Å². The predicted octanol–water partition coefficient (Wildman–Crippen LogP) is -1.51. The van der Waals surface area contributed by atoms with Gasteiger partial charge in [0.25, 0.3) is 0 Å². The number of fused-ring (bicyclic) bond motifs is 1. The Morgan fingerprint density at radius 1 is 1.50 bits per heavy atom. The molecular weight excluding hydrogens is 243 g/mol. The van der Waals surface area contributed by atoms with Crippen LogP contribution in [0, 0.1) is 0 Å². The van der Waals surface area contributed by atoms with E-state index in [1.807, 2.05) is 0 Å². The third-order valence-corrected chi connectivity index (χ3v) is 2.90. The molecule has 0 atom stereocenters. The van der Waals surface area contributed by atoms with Crippen molar-refractivity contribution >= 4 is 47.6 Å². The van der Waals surface area contributed by atoms with Gasteiger partial charge in [-0.2, -0.15) is 0 Å². The van der Waals surface area contributed by atoms with Gasteiger partial charge in [-0.05, 0) is 0 Å². The van der Waals surface area contributed by atoms with Crippen LogP contribution in [0.2, 0.25) is 0 Å². The zero-order valence-electron chi connectivity index (χ0n) is 5.74. The van der Waals surface area contributed by atoms with E-state index >= 15 is 0 Å². The van der Waals surface area contributed by atoms with Gasteiger partial charge in [0, 0.05) is 0 Å². The minimum absolute atomic E-state index is 0.102. The fraction of sp³-hybridized carbons (Fsp3) is 0. The van der Waals surface area contributed by atoms with Crippen molar-refractivity contribution in [2.45, 2.75) is 0 Å². The number of aromatic nitrogens is 3. The number of anilines is 1. The van der Waals surface area contributed by atoms with Gasteiger partial charge in [0.15, 0.2) is 0 Å². The first-order valence-electron chi connectivity index (χ1n) is 3.02. The molecule has 2 rings (SSSR count). The second-order valence-corrected chi connectivity index (χ2v) is 4.65. The average molecular weight is 247 g/mol. The van der Waals surface area contributed by atoms with Gasteiger partial charge in [0.2, 0.25) is 0 Å². The van der Waals surface area contributed by atoms with Crippen LogP contribution in [0.3, 0.4) is 0 Å². The molecule has 0 amide bonds. The quantitative estimate of drug-likeness (QED) is 0.554. The van der Waals surface area contributed by atoms with Crippen molar-refractivity contribution in [2.75, 3.05) is 5.73 Å². The van der Waals surface area contributed by atoms with Crippen LogP contribution < -0.4 is 15.2 Å². The number of thiazole rings is 1. The Kier molecular flexibility index (Phi) is 1.64. The summed E-state index contributed by atoms with van der Waals surface area (Å²) in [5, 5.41) is 0. The molecule has 0 spiro atoms. The summed E-state index contributed by atoms with van der Waals surface area (Å²) >= 11 is 3.55. The van der Waals surface area contributed by atoms with E-state index in [-0.39, 0.29) is 11.5 Å². The van der Waals surface area contributed by atoms with E-state index < -0.39 is 0 Å². The summed E-state index contributed by atoms with van der Waals surface area (Å²) in [6, 6.07) is 0. The first-order chi connectivity index (χ1) is 5.66. The number of nitrogen functional groups attached to an aromatic ring is 1. The van der Waals surface area contributed by atoms with E-state index in [1.54, 1.807) is 0 Å². The number of hydrogen-bond donors (Lipinski definition) is 2. The molecular formula is C5H4N4OSSe. The van der Waals surface area contributed by atoms with Crippen LogP contribution in [0.4, 0.5) is 5.95 Å². The van der Waals surface area contributed by atoms with E-state index in [0.717, 1.165) is 3.91 Å². The fourth-order valence-corrected chi connectivity index (χ4v) is 2.25. The fourth-order valence-electron chi connectivity index (χ4n) is 0.840. The summed E-state index contributed by atoms with van der Waals surface area (Å²) < 4.78 is 1.26. The topological polar surface area (TPSA) is 84.7 Å². The molecule has 0 unspecified atom stereocenters. The number of nitrogens with zero attached hydrogens (tertiary/aromatic N) is 2.